The molecule has 0 aliphatic heterocycles. The van der Waals surface area contributed by atoms with Crippen LogP contribution in [0.2, 0.25) is 0 Å². The van der Waals surface area contributed by atoms with E-state index in [1.54, 1.807) is 14.0 Å². The Kier molecular flexibility index (Phi) is 3.10. The van der Waals surface area contributed by atoms with Gasteiger partial charge in [-0.2, -0.15) is 4.98 Å². The van der Waals surface area contributed by atoms with E-state index >= 15 is 0 Å². The fourth-order valence-electron chi connectivity index (χ4n) is 1.12. The third-order valence-corrected chi connectivity index (χ3v) is 1.76. The molecule has 2 N–H and O–H groups in total. The van der Waals surface area contributed by atoms with Crippen molar-refractivity contribution in [2.45, 2.75) is 20.0 Å². The number of hydrogen-bond donors (Lipinski definition) is 2. The van der Waals surface area contributed by atoms with Crippen LogP contribution in [0.25, 0.3) is 0 Å². The Bertz CT molecular complexity index is 451. The van der Waals surface area contributed by atoms with Gasteiger partial charge in [-0.25, -0.2) is 0 Å². The van der Waals surface area contributed by atoms with Crippen LogP contribution in [0.3, 0.4) is 0 Å². The Morgan fingerprint density at radius 3 is 2.81 bits per heavy atom. The van der Waals surface area contributed by atoms with Crippen molar-refractivity contribution in [1.82, 2.24) is 25.7 Å². The maximum Gasteiger partial charge on any atom is 0.315 e. The van der Waals surface area contributed by atoms with Crippen LogP contribution in [-0.4, -0.2) is 27.4 Å². The Hall–Kier alpha value is -1.96. The van der Waals surface area contributed by atoms with Crippen molar-refractivity contribution in [2.75, 3.05) is 12.4 Å². The summed E-state index contributed by atoms with van der Waals surface area (Å²) in [6.45, 7) is 2.66. The summed E-state index contributed by atoms with van der Waals surface area (Å²) in [5, 5.41) is 17.2. The highest BCUT2D eigenvalue weighted by molar-refractivity contribution is 5.17. The van der Waals surface area contributed by atoms with E-state index in [1.807, 2.05) is 0 Å². The van der Waals surface area contributed by atoms with E-state index < -0.39 is 0 Å². The maximum atomic E-state index is 5.27. The molecular weight excluding hydrogens is 212 g/mol. The highest BCUT2D eigenvalue weighted by Crippen LogP contribution is 2.06. The van der Waals surface area contributed by atoms with Crippen LogP contribution >= 0.6 is 0 Å². The molecule has 2 aromatic rings. The first kappa shape index (κ1) is 10.6. The predicted octanol–water partition coefficient (Wildman–Crippen LogP) is 0.0925. The molecule has 0 atom stereocenters. The van der Waals surface area contributed by atoms with Gasteiger partial charge in [0, 0.05) is 6.92 Å². The molecule has 0 radical (unpaired) electrons. The summed E-state index contributed by atoms with van der Waals surface area (Å²) in [4.78, 5) is 4.03. The number of aryl methyl sites for hydroxylation is 1. The number of nitrogens with zero attached hydrogens (tertiary/aromatic N) is 4. The first-order valence-electron chi connectivity index (χ1n) is 4.78. The largest absolute Gasteiger partial charge is 0.407 e. The molecule has 0 spiro atoms. The first-order chi connectivity index (χ1) is 7.78. The van der Waals surface area contributed by atoms with Crippen molar-refractivity contribution in [1.29, 1.82) is 0 Å². The van der Waals surface area contributed by atoms with Crippen LogP contribution in [0.1, 0.15) is 17.6 Å². The smallest absolute Gasteiger partial charge is 0.315 e. The minimum absolute atomic E-state index is 0.340. The zero-order valence-electron chi connectivity index (χ0n) is 9.02. The van der Waals surface area contributed by atoms with Gasteiger partial charge in [0.05, 0.1) is 13.1 Å². The average Bonchev–Trinajstić information content (AvgIpc) is 2.85. The van der Waals surface area contributed by atoms with Gasteiger partial charge >= 0.3 is 6.01 Å². The summed E-state index contributed by atoms with van der Waals surface area (Å²) >= 11 is 0. The van der Waals surface area contributed by atoms with E-state index in [4.69, 9.17) is 8.94 Å². The highest BCUT2D eigenvalue weighted by Gasteiger charge is 2.06. The van der Waals surface area contributed by atoms with Crippen LogP contribution < -0.4 is 10.6 Å². The second-order valence-corrected chi connectivity index (χ2v) is 3.11. The van der Waals surface area contributed by atoms with Gasteiger partial charge in [-0.15, -0.1) is 5.10 Å². The van der Waals surface area contributed by atoms with Crippen LogP contribution in [-0.2, 0) is 13.1 Å². The first-order valence-corrected chi connectivity index (χ1v) is 4.78. The third-order valence-electron chi connectivity index (χ3n) is 1.76. The summed E-state index contributed by atoms with van der Waals surface area (Å²) in [5.41, 5.74) is 0. The van der Waals surface area contributed by atoms with Gasteiger partial charge in [-0.1, -0.05) is 10.3 Å². The summed E-state index contributed by atoms with van der Waals surface area (Å²) in [5.74, 6) is 1.60. The molecule has 0 aliphatic rings. The number of nitrogens with one attached hydrogen (secondary N) is 2. The molecule has 0 bridgehead atoms. The van der Waals surface area contributed by atoms with Gasteiger partial charge in [0.1, 0.15) is 0 Å². The maximum absolute atomic E-state index is 5.27. The molecule has 0 aromatic carbocycles. The minimum Gasteiger partial charge on any atom is -0.407 e. The molecule has 2 heterocycles. The topological polar surface area (TPSA) is 102 Å². The van der Waals surface area contributed by atoms with Crippen LogP contribution in [0, 0.1) is 6.92 Å². The molecule has 0 unspecified atom stereocenters. The number of hydrogen-bond acceptors (Lipinski definition) is 8. The summed E-state index contributed by atoms with van der Waals surface area (Å²) in [7, 11) is 1.80. The molecule has 0 aliphatic carbocycles. The summed E-state index contributed by atoms with van der Waals surface area (Å²) in [6, 6.07) is 0.340. The molecule has 0 saturated heterocycles. The van der Waals surface area contributed by atoms with E-state index in [-0.39, 0.29) is 0 Å². The molecule has 16 heavy (non-hydrogen) atoms. The zero-order chi connectivity index (χ0) is 11.4. The van der Waals surface area contributed by atoms with Crippen molar-refractivity contribution < 1.29 is 8.94 Å². The van der Waals surface area contributed by atoms with E-state index in [1.165, 1.54) is 0 Å². The quantitative estimate of drug-likeness (QED) is 0.736. The van der Waals surface area contributed by atoms with Crippen molar-refractivity contribution in [2.24, 2.45) is 0 Å². The number of aromatic nitrogens is 4. The second kappa shape index (κ2) is 4.71. The molecule has 0 saturated carbocycles. The Labute approximate surface area is 91.4 Å². The predicted molar refractivity (Wildman–Crippen MR) is 53.4 cm³/mol. The van der Waals surface area contributed by atoms with Gasteiger partial charge in [-0.3, -0.25) is 0 Å². The minimum atomic E-state index is 0.340. The molecule has 0 fully saturated rings. The zero-order valence-corrected chi connectivity index (χ0v) is 9.02. The molecule has 0 amide bonds. The molecule has 8 nitrogen and oxygen atoms in total. The summed E-state index contributed by atoms with van der Waals surface area (Å²) < 4.78 is 10.1. The van der Waals surface area contributed by atoms with E-state index in [0.717, 1.165) is 0 Å². The molecular formula is C8H12N6O2. The van der Waals surface area contributed by atoms with E-state index in [2.05, 4.69) is 31.0 Å². The van der Waals surface area contributed by atoms with Crippen molar-refractivity contribution >= 4 is 6.01 Å². The molecule has 86 valence electrons. The van der Waals surface area contributed by atoms with Gasteiger partial charge in [-0.05, 0) is 7.05 Å². The molecule has 2 rings (SSSR count). The van der Waals surface area contributed by atoms with Crippen molar-refractivity contribution in [3.05, 3.63) is 17.6 Å². The fourth-order valence-corrected chi connectivity index (χ4v) is 1.12. The third kappa shape index (κ3) is 2.54. The highest BCUT2D eigenvalue weighted by atomic mass is 16.5. The number of anilines is 1. The molecule has 2 aromatic heterocycles. The Morgan fingerprint density at radius 1 is 1.25 bits per heavy atom. The standard InChI is InChI=1S/C8H12N6O2/c1-5-11-6(14-16-5)3-10-8-13-12-7(15-8)4-9-2/h9H,3-4H2,1-2H3,(H,10,13). The lowest BCUT2D eigenvalue weighted by atomic mass is 10.6. The van der Waals surface area contributed by atoms with Gasteiger partial charge in [0.25, 0.3) is 0 Å². The normalized spacial score (nSPS) is 10.6. The van der Waals surface area contributed by atoms with Gasteiger partial charge < -0.3 is 19.6 Å². The lowest BCUT2D eigenvalue weighted by Gasteiger charge is -1.94. The second-order valence-electron chi connectivity index (χ2n) is 3.11. The Balaban J connectivity index is 1.89. The SMILES string of the molecule is CNCc1nnc(NCc2noc(C)n2)o1. The van der Waals surface area contributed by atoms with E-state index in [0.29, 0.717) is 36.7 Å². The van der Waals surface area contributed by atoms with Crippen LogP contribution in [0.5, 0.6) is 0 Å². The van der Waals surface area contributed by atoms with Gasteiger partial charge in [0.15, 0.2) is 5.82 Å². The average molecular weight is 224 g/mol. The van der Waals surface area contributed by atoms with Crippen LogP contribution in [0.15, 0.2) is 8.94 Å². The molecule has 8 heteroatoms. The summed E-state index contributed by atoms with van der Waals surface area (Å²) in [6.07, 6.45) is 0. The number of rotatable bonds is 5. The fraction of sp³-hybridized carbons (Fsp3) is 0.500. The lowest BCUT2D eigenvalue weighted by molar-refractivity contribution is 0.388. The van der Waals surface area contributed by atoms with Crippen molar-refractivity contribution in [3.8, 4) is 0 Å². The van der Waals surface area contributed by atoms with E-state index in [9.17, 15) is 0 Å². The van der Waals surface area contributed by atoms with Crippen molar-refractivity contribution in [3.63, 3.8) is 0 Å². The van der Waals surface area contributed by atoms with Crippen LogP contribution in [0.4, 0.5) is 6.01 Å². The van der Waals surface area contributed by atoms with Gasteiger partial charge in [0.2, 0.25) is 11.8 Å². The lowest BCUT2D eigenvalue weighted by Crippen LogP contribution is -2.04. The monoisotopic (exact) mass is 224 g/mol. The Morgan fingerprint density at radius 2 is 2.12 bits per heavy atom.